The van der Waals surface area contributed by atoms with Crippen LogP contribution < -0.4 is 5.32 Å². The summed E-state index contributed by atoms with van der Waals surface area (Å²) in [6.45, 7) is 8.65. The second kappa shape index (κ2) is 9.55. The van der Waals surface area contributed by atoms with E-state index in [9.17, 15) is 9.59 Å². The molecule has 1 aromatic rings. The van der Waals surface area contributed by atoms with Crippen LogP contribution in [0.4, 0.5) is 4.79 Å². The second-order valence-electron chi connectivity index (χ2n) is 7.99. The van der Waals surface area contributed by atoms with E-state index in [1.807, 2.05) is 39.1 Å². The SMILES string of the molecule is COC(C(C)C(=O)NCCc1cccs1)C1CCCN1C(=O)OC(C)(C)C. The number of likely N-dealkylation sites (tertiary alicyclic amines) is 1. The van der Waals surface area contributed by atoms with Crippen molar-refractivity contribution < 1.29 is 19.1 Å². The smallest absolute Gasteiger partial charge is 0.410 e. The first-order valence-corrected chi connectivity index (χ1v) is 10.4. The molecule has 6 nitrogen and oxygen atoms in total. The van der Waals surface area contributed by atoms with Crippen LogP contribution in [0.15, 0.2) is 17.5 Å². The van der Waals surface area contributed by atoms with Crippen LogP contribution >= 0.6 is 11.3 Å². The fourth-order valence-corrected chi connectivity index (χ4v) is 4.16. The molecular weight excluding hydrogens is 364 g/mol. The predicted octanol–water partition coefficient (Wildman–Crippen LogP) is 3.46. The molecule has 1 saturated heterocycles. The van der Waals surface area contributed by atoms with Gasteiger partial charge in [0.15, 0.2) is 0 Å². The molecule has 2 heterocycles. The fraction of sp³-hybridized carbons (Fsp3) is 0.700. The summed E-state index contributed by atoms with van der Waals surface area (Å²) in [5.74, 6) is -0.402. The maximum Gasteiger partial charge on any atom is 0.410 e. The quantitative estimate of drug-likeness (QED) is 0.766. The number of nitrogens with one attached hydrogen (secondary N) is 1. The minimum absolute atomic E-state index is 0.0468. The summed E-state index contributed by atoms with van der Waals surface area (Å²) in [5.41, 5.74) is -0.544. The van der Waals surface area contributed by atoms with Crippen molar-refractivity contribution in [2.75, 3.05) is 20.2 Å². The van der Waals surface area contributed by atoms with E-state index in [0.29, 0.717) is 13.1 Å². The Hall–Kier alpha value is -1.60. The Balaban J connectivity index is 1.94. The Morgan fingerprint density at radius 2 is 2.15 bits per heavy atom. The van der Waals surface area contributed by atoms with E-state index in [1.54, 1.807) is 23.3 Å². The van der Waals surface area contributed by atoms with Gasteiger partial charge in [0.05, 0.1) is 18.1 Å². The summed E-state index contributed by atoms with van der Waals surface area (Å²) in [4.78, 5) is 28.1. The first-order valence-electron chi connectivity index (χ1n) is 9.55. The van der Waals surface area contributed by atoms with Crippen molar-refractivity contribution in [2.45, 2.75) is 64.7 Å². The van der Waals surface area contributed by atoms with Crippen molar-refractivity contribution in [3.63, 3.8) is 0 Å². The Morgan fingerprint density at radius 3 is 2.74 bits per heavy atom. The zero-order valence-electron chi connectivity index (χ0n) is 17.0. The van der Waals surface area contributed by atoms with Gasteiger partial charge in [0, 0.05) is 25.1 Å². The van der Waals surface area contributed by atoms with Gasteiger partial charge in [-0.1, -0.05) is 13.0 Å². The summed E-state index contributed by atoms with van der Waals surface area (Å²) >= 11 is 1.69. The van der Waals surface area contributed by atoms with E-state index in [0.717, 1.165) is 19.3 Å². The number of hydrogen-bond donors (Lipinski definition) is 1. The third-order valence-corrected chi connectivity index (χ3v) is 5.67. The molecule has 0 saturated carbocycles. The number of rotatable bonds is 7. The van der Waals surface area contributed by atoms with Gasteiger partial charge >= 0.3 is 6.09 Å². The summed E-state index contributed by atoms with van der Waals surface area (Å²) < 4.78 is 11.2. The number of ether oxygens (including phenoxy) is 2. The Morgan fingerprint density at radius 1 is 1.41 bits per heavy atom. The van der Waals surface area contributed by atoms with E-state index < -0.39 is 5.60 Å². The third kappa shape index (κ3) is 6.21. The molecule has 152 valence electrons. The molecule has 27 heavy (non-hydrogen) atoms. The maximum atomic E-state index is 12.6. The van der Waals surface area contributed by atoms with E-state index in [-0.39, 0.29) is 30.1 Å². The molecule has 0 aliphatic carbocycles. The lowest BCUT2D eigenvalue weighted by molar-refractivity contribution is -0.130. The van der Waals surface area contributed by atoms with Gasteiger partial charge in [0.25, 0.3) is 0 Å². The van der Waals surface area contributed by atoms with Crippen LogP contribution in [0.1, 0.15) is 45.4 Å². The first-order chi connectivity index (χ1) is 12.7. The highest BCUT2D eigenvalue weighted by Gasteiger charge is 2.41. The number of carbonyl (C=O) groups excluding carboxylic acids is 2. The molecule has 2 rings (SSSR count). The van der Waals surface area contributed by atoms with Crippen molar-refractivity contribution in [1.29, 1.82) is 0 Å². The Labute approximate surface area is 166 Å². The fourth-order valence-electron chi connectivity index (χ4n) is 3.45. The number of nitrogens with zero attached hydrogens (tertiary/aromatic N) is 1. The monoisotopic (exact) mass is 396 g/mol. The highest BCUT2D eigenvalue weighted by atomic mass is 32.1. The van der Waals surface area contributed by atoms with Gasteiger partial charge < -0.3 is 19.7 Å². The molecule has 0 radical (unpaired) electrons. The van der Waals surface area contributed by atoms with Crippen molar-refractivity contribution in [3.8, 4) is 0 Å². The Kier molecular flexibility index (Phi) is 7.68. The van der Waals surface area contributed by atoms with Crippen LogP contribution in [0.2, 0.25) is 0 Å². The van der Waals surface area contributed by atoms with Gasteiger partial charge in [-0.25, -0.2) is 4.79 Å². The standard InChI is InChI=1S/C20H32N2O4S/c1-14(18(23)21-11-10-15-8-7-13-27-15)17(25-5)16-9-6-12-22(16)19(24)26-20(2,3)4/h7-8,13-14,16-17H,6,9-12H2,1-5H3,(H,21,23). The minimum atomic E-state index is -0.544. The van der Waals surface area contributed by atoms with Crippen LogP contribution in [0.25, 0.3) is 0 Å². The van der Waals surface area contributed by atoms with Gasteiger partial charge in [-0.05, 0) is 51.5 Å². The molecule has 0 bridgehead atoms. The van der Waals surface area contributed by atoms with Crippen molar-refractivity contribution in [2.24, 2.45) is 5.92 Å². The summed E-state index contributed by atoms with van der Waals surface area (Å²) in [6, 6.07) is 3.93. The maximum absolute atomic E-state index is 12.6. The molecule has 0 spiro atoms. The summed E-state index contributed by atoms with van der Waals surface area (Å²) in [5, 5.41) is 5.03. The number of carbonyl (C=O) groups is 2. The molecule has 1 N–H and O–H groups in total. The van der Waals surface area contributed by atoms with E-state index in [1.165, 1.54) is 4.88 Å². The summed E-state index contributed by atoms with van der Waals surface area (Å²) in [7, 11) is 1.60. The molecule has 1 aliphatic rings. The van der Waals surface area contributed by atoms with Gasteiger partial charge in [0.2, 0.25) is 5.91 Å². The number of amides is 2. The van der Waals surface area contributed by atoms with Crippen molar-refractivity contribution >= 4 is 23.3 Å². The molecule has 1 aromatic heterocycles. The number of hydrogen-bond acceptors (Lipinski definition) is 5. The van der Waals surface area contributed by atoms with Crippen LogP contribution in [0.5, 0.6) is 0 Å². The number of methoxy groups -OCH3 is 1. The zero-order chi connectivity index (χ0) is 20.0. The average Bonchev–Trinajstić information content (AvgIpc) is 3.25. The van der Waals surface area contributed by atoms with E-state index >= 15 is 0 Å². The zero-order valence-corrected chi connectivity index (χ0v) is 17.8. The Bertz CT molecular complexity index is 612. The molecule has 0 aromatic carbocycles. The van der Waals surface area contributed by atoms with Crippen molar-refractivity contribution in [3.05, 3.63) is 22.4 Å². The van der Waals surface area contributed by atoms with Crippen LogP contribution in [0.3, 0.4) is 0 Å². The molecule has 7 heteroatoms. The molecule has 1 fully saturated rings. The predicted molar refractivity (Wildman–Crippen MR) is 107 cm³/mol. The van der Waals surface area contributed by atoms with E-state index in [2.05, 4.69) is 11.4 Å². The third-order valence-electron chi connectivity index (χ3n) is 4.74. The van der Waals surface area contributed by atoms with Crippen molar-refractivity contribution in [1.82, 2.24) is 10.2 Å². The first kappa shape index (κ1) is 21.7. The lowest BCUT2D eigenvalue weighted by Gasteiger charge is -2.34. The normalized spacial score (nSPS) is 19.6. The van der Waals surface area contributed by atoms with Gasteiger partial charge in [-0.15, -0.1) is 11.3 Å². The summed E-state index contributed by atoms with van der Waals surface area (Å²) in [6.07, 6.45) is 1.82. The highest BCUT2D eigenvalue weighted by Crippen LogP contribution is 2.28. The van der Waals surface area contributed by atoms with Gasteiger partial charge in [-0.2, -0.15) is 0 Å². The van der Waals surface area contributed by atoms with E-state index in [4.69, 9.17) is 9.47 Å². The van der Waals surface area contributed by atoms with Crippen LogP contribution in [-0.2, 0) is 20.7 Å². The molecule has 3 unspecified atom stereocenters. The number of thiophene rings is 1. The minimum Gasteiger partial charge on any atom is -0.444 e. The largest absolute Gasteiger partial charge is 0.444 e. The highest BCUT2D eigenvalue weighted by molar-refractivity contribution is 7.09. The average molecular weight is 397 g/mol. The van der Waals surface area contributed by atoms with Crippen LogP contribution in [-0.4, -0.2) is 54.8 Å². The lowest BCUT2D eigenvalue weighted by atomic mass is 9.95. The lowest BCUT2D eigenvalue weighted by Crippen LogP contribution is -2.50. The molecule has 1 aliphatic heterocycles. The van der Waals surface area contributed by atoms with Gasteiger partial charge in [-0.3, -0.25) is 4.79 Å². The van der Waals surface area contributed by atoms with Gasteiger partial charge in [0.1, 0.15) is 5.60 Å². The van der Waals surface area contributed by atoms with Crippen LogP contribution in [0, 0.1) is 5.92 Å². The second-order valence-corrected chi connectivity index (χ2v) is 9.02. The molecular formula is C20H32N2O4S. The molecule has 3 atom stereocenters. The topological polar surface area (TPSA) is 67.9 Å². The molecule has 2 amide bonds.